The Morgan fingerprint density at radius 3 is 2.94 bits per heavy atom. The zero-order valence-corrected chi connectivity index (χ0v) is 10.7. The number of hydrogen-bond acceptors (Lipinski definition) is 3. The van der Waals surface area contributed by atoms with Gasteiger partial charge in [-0.3, -0.25) is 4.79 Å². The fourth-order valence-electron chi connectivity index (χ4n) is 1.44. The summed E-state index contributed by atoms with van der Waals surface area (Å²) >= 11 is 0. The maximum absolute atomic E-state index is 11.6. The highest BCUT2D eigenvalue weighted by Gasteiger charge is 2.05. The van der Waals surface area contributed by atoms with Gasteiger partial charge in [-0.15, -0.1) is 0 Å². The third-order valence-corrected chi connectivity index (χ3v) is 2.58. The monoisotopic (exact) mass is 249 g/mol. The van der Waals surface area contributed by atoms with Crippen molar-refractivity contribution in [3.05, 3.63) is 35.9 Å². The lowest BCUT2D eigenvalue weighted by Gasteiger charge is -2.11. The molecule has 4 heteroatoms. The Hall–Kier alpha value is -1.81. The minimum Gasteiger partial charge on any atom is -0.497 e. The Morgan fingerprint density at radius 2 is 2.33 bits per heavy atom. The van der Waals surface area contributed by atoms with Crippen molar-refractivity contribution in [2.45, 2.75) is 19.4 Å². The molecule has 1 aromatic rings. The molecule has 0 aliphatic carbocycles. The standard InChI is InChI=1S/C14H19NO3/c1-3-12(10-16)15-14(17)8-7-11-5-4-6-13(9-11)18-2/h4-9,12,16H,3,10H2,1-2H3,(H,15,17)/b8-7+/t12-/m0/s1. The molecule has 1 aromatic carbocycles. The van der Waals surface area contributed by atoms with Gasteiger partial charge in [-0.05, 0) is 30.2 Å². The molecule has 0 spiro atoms. The summed E-state index contributed by atoms with van der Waals surface area (Å²) < 4.78 is 5.09. The minimum absolute atomic E-state index is 0.0464. The fourth-order valence-corrected chi connectivity index (χ4v) is 1.44. The Labute approximate surface area is 107 Å². The lowest BCUT2D eigenvalue weighted by molar-refractivity contribution is -0.117. The summed E-state index contributed by atoms with van der Waals surface area (Å²) in [6.07, 6.45) is 3.87. The number of aliphatic hydroxyl groups is 1. The topological polar surface area (TPSA) is 58.6 Å². The van der Waals surface area contributed by atoms with Crippen LogP contribution in [0.2, 0.25) is 0 Å². The largest absolute Gasteiger partial charge is 0.497 e. The first kappa shape index (κ1) is 14.3. The van der Waals surface area contributed by atoms with E-state index in [1.165, 1.54) is 6.08 Å². The third kappa shape index (κ3) is 4.59. The van der Waals surface area contributed by atoms with Crippen molar-refractivity contribution in [2.24, 2.45) is 0 Å². The summed E-state index contributed by atoms with van der Waals surface area (Å²) in [7, 11) is 1.60. The maximum atomic E-state index is 11.6. The van der Waals surface area contributed by atoms with Crippen LogP contribution in [0, 0.1) is 0 Å². The van der Waals surface area contributed by atoms with E-state index in [1.807, 2.05) is 31.2 Å². The van der Waals surface area contributed by atoms with Gasteiger partial charge in [-0.25, -0.2) is 0 Å². The number of aliphatic hydroxyl groups excluding tert-OH is 1. The molecule has 1 amide bonds. The molecule has 0 unspecified atom stereocenters. The van der Waals surface area contributed by atoms with E-state index in [0.717, 1.165) is 11.3 Å². The van der Waals surface area contributed by atoms with Crippen LogP contribution in [0.1, 0.15) is 18.9 Å². The van der Waals surface area contributed by atoms with Crippen LogP contribution in [0.4, 0.5) is 0 Å². The number of hydrogen-bond donors (Lipinski definition) is 2. The van der Waals surface area contributed by atoms with Crippen LogP contribution in [0.5, 0.6) is 5.75 Å². The van der Waals surface area contributed by atoms with Gasteiger partial charge in [0, 0.05) is 6.08 Å². The van der Waals surface area contributed by atoms with Crippen LogP contribution in [-0.4, -0.2) is 30.8 Å². The van der Waals surface area contributed by atoms with Crippen molar-refractivity contribution < 1.29 is 14.6 Å². The van der Waals surface area contributed by atoms with Gasteiger partial charge < -0.3 is 15.2 Å². The summed E-state index contributed by atoms with van der Waals surface area (Å²) in [6, 6.07) is 7.24. The van der Waals surface area contributed by atoms with Crippen molar-refractivity contribution in [3.8, 4) is 5.75 Å². The summed E-state index contributed by atoms with van der Waals surface area (Å²) in [5, 5.41) is 11.7. The molecular formula is C14H19NO3. The lowest BCUT2D eigenvalue weighted by atomic mass is 10.2. The second-order valence-corrected chi connectivity index (χ2v) is 3.91. The fraction of sp³-hybridized carbons (Fsp3) is 0.357. The number of amides is 1. The molecule has 0 radical (unpaired) electrons. The second kappa shape index (κ2) is 7.50. The Balaban J connectivity index is 2.59. The number of carbonyl (C=O) groups is 1. The van der Waals surface area contributed by atoms with E-state index in [4.69, 9.17) is 9.84 Å². The number of ether oxygens (including phenoxy) is 1. The van der Waals surface area contributed by atoms with E-state index < -0.39 is 0 Å². The number of benzene rings is 1. The van der Waals surface area contributed by atoms with Gasteiger partial charge in [0.1, 0.15) is 5.75 Å². The molecule has 2 N–H and O–H groups in total. The summed E-state index contributed by atoms with van der Waals surface area (Å²) in [4.78, 5) is 11.6. The highest BCUT2D eigenvalue weighted by Crippen LogP contribution is 2.13. The van der Waals surface area contributed by atoms with Gasteiger partial charge in [0.05, 0.1) is 19.8 Å². The maximum Gasteiger partial charge on any atom is 0.244 e. The van der Waals surface area contributed by atoms with E-state index >= 15 is 0 Å². The Morgan fingerprint density at radius 1 is 1.56 bits per heavy atom. The van der Waals surface area contributed by atoms with Crippen LogP contribution in [0.3, 0.4) is 0 Å². The van der Waals surface area contributed by atoms with Gasteiger partial charge >= 0.3 is 0 Å². The molecule has 18 heavy (non-hydrogen) atoms. The smallest absolute Gasteiger partial charge is 0.244 e. The Bertz CT molecular complexity index is 411. The first-order valence-corrected chi connectivity index (χ1v) is 5.93. The zero-order valence-electron chi connectivity index (χ0n) is 10.7. The normalized spacial score (nSPS) is 12.4. The molecule has 0 fully saturated rings. The van der Waals surface area contributed by atoms with Gasteiger partial charge in [-0.2, -0.15) is 0 Å². The predicted molar refractivity (Wildman–Crippen MR) is 71.3 cm³/mol. The molecular weight excluding hydrogens is 230 g/mol. The zero-order chi connectivity index (χ0) is 13.4. The molecule has 1 atom stereocenters. The van der Waals surface area contributed by atoms with E-state index in [9.17, 15) is 4.79 Å². The second-order valence-electron chi connectivity index (χ2n) is 3.91. The number of carbonyl (C=O) groups excluding carboxylic acids is 1. The molecule has 0 aliphatic rings. The highest BCUT2D eigenvalue weighted by atomic mass is 16.5. The van der Waals surface area contributed by atoms with Crippen molar-refractivity contribution in [1.29, 1.82) is 0 Å². The molecule has 4 nitrogen and oxygen atoms in total. The van der Waals surface area contributed by atoms with Crippen LogP contribution < -0.4 is 10.1 Å². The first-order valence-electron chi connectivity index (χ1n) is 5.93. The SMILES string of the molecule is CC[C@@H](CO)NC(=O)/C=C/c1cccc(OC)c1. The van der Waals surface area contributed by atoms with Crippen molar-refractivity contribution >= 4 is 12.0 Å². The van der Waals surface area contributed by atoms with E-state index in [0.29, 0.717) is 6.42 Å². The van der Waals surface area contributed by atoms with Crippen molar-refractivity contribution in [1.82, 2.24) is 5.32 Å². The van der Waals surface area contributed by atoms with Crippen LogP contribution in [0.15, 0.2) is 30.3 Å². The van der Waals surface area contributed by atoms with E-state index in [1.54, 1.807) is 13.2 Å². The van der Waals surface area contributed by atoms with Gasteiger partial charge in [0.2, 0.25) is 5.91 Å². The Kier molecular flexibility index (Phi) is 5.94. The van der Waals surface area contributed by atoms with Gasteiger partial charge in [0.25, 0.3) is 0 Å². The summed E-state index contributed by atoms with van der Waals surface area (Å²) in [5.41, 5.74) is 0.890. The van der Waals surface area contributed by atoms with Crippen LogP contribution in [0.25, 0.3) is 6.08 Å². The van der Waals surface area contributed by atoms with Crippen molar-refractivity contribution in [2.75, 3.05) is 13.7 Å². The van der Waals surface area contributed by atoms with Crippen LogP contribution >= 0.6 is 0 Å². The number of rotatable bonds is 6. The molecule has 0 aromatic heterocycles. The summed E-state index contributed by atoms with van der Waals surface area (Å²) in [6.45, 7) is 1.86. The quantitative estimate of drug-likeness (QED) is 0.753. The summed E-state index contributed by atoms with van der Waals surface area (Å²) in [5.74, 6) is 0.540. The average Bonchev–Trinajstić information content (AvgIpc) is 2.42. The first-order chi connectivity index (χ1) is 8.69. The predicted octanol–water partition coefficient (Wildman–Crippen LogP) is 1.60. The number of nitrogens with one attached hydrogen (secondary N) is 1. The third-order valence-electron chi connectivity index (χ3n) is 2.58. The highest BCUT2D eigenvalue weighted by molar-refractivity contribution is 5.91. The molecule has 98 valence electrons. The molecule has 1 rings (SSSR count). The number of methoxy groups -OCH3 is 1. The van der Waals surface area contributed by atoms with E-state index in [-0.39, 0.29) is 18.6 Å². The minimum atomic E-state index is -0.210. The van der Waals surface area contributed by atoms with Crippen LogP contribution in [-0.2, 0) is 4.79 Å². The molecule has 0 bridgehead atoms. The molecule has 0 saturated carbocycles. The van der Waals surface area contributed by atoms with Crippen molar-refractivity contribution in [3.63, 3.8) is 0 Å². The van der Waals surface area contributed by atoms with Gasteiger partial charge in [0.15, 0.2) is 0 Å². The lowest BCUT2D eigenvalue weighted by Crippen LogP contribution is -2.35. The van der Waals surface area contributed by atoms with E-state index in [2.05, 4.69) is 5.32 Å². The molecule has 0 heterocycles. The molecule has 0 aliphatic heterocycles. The van der Waals surface area contributed by atoms with Gasteiger partial charge in [-0.1, -0.05) is 19.1 Å². The average molecular weight is 249 g/mol. The molecule has 0 saturated heterocycles.